The largest absolute Gasteiger partial charge is 0.448 e. The molecule has 1 N–H and O–H groups in total. The molecule has 0 aromatic heterocycles. The molecule has 1 aliphatic heterocycles. The first-order valence-electron chi connectivity index (χ1n) is 5.27. The first-order chi connectivity index (χ1) is 7.73. The Kier molecular flexibility index (Phi) is 1.80. The molecule has 1 aromatic carbocycles. The highest BCUT2D eigenvalue weighted by molar-refractivity contribution is 6.05. The van der Waals surface area contributed by atoms with Gasteiger partial charge in [-0.2, -0.15) is 0 Å². The minimum absolute atomic E-state index is 0.0794. The number of amides is 1. The molecule has 0 atom stereocenters. The van der Waals surface area contributed by atoms with E-state index >= 15 is 0 Å². The topological polar surface area (TPSA) is 50.7 Å². The van der Waals surface area contributed by atoms with Crippen molar-refractivity contribution >= 4 is 11.9 Å². The number of rotatable bonds is 0. The molecule has 1 aliphatic carbocycles. The average Bonchev–Trinajstić information content (AvgIpc) is 2.80. The summed E-state index contributed by atoms with van der Waals surface area (Å²) in [5.74, 6) is -0.0794. The zero-order valence-electron chi connectivity index (χ0n) is 8.99. The number of carbonyl (C=O) groups is 1. The highest BCUT2D eigenvalue weighted by Crippen LogP contribution is 2.35. The molecule has 4 heteroatoms. The van der Waals surface area contributed by atoms with E-state index < -0.39 is 5.60 Å². The molecule has 0 unspecified atom stereocenters. The molecule has 3 rings (SSSR count). The fourth-order valence-corrected chi connectivity index (χ4v) is 2.38. The van der Waals surface area contributed by atoms with Crippen molar-refractivity contribution in [3.05, 3.63) is 35.4 Å². The lowest BCUT2D eigenvalue weighted by molar-refractivity contribution is -0.130. The number of carbonyl (C=O) groups excluding carboxylic acids is 1. The summed E-state index contributed by atoms with van der Waals surface area (Å²) in [5, 5.41) is 2.66. The second-order valence-electron chi connectivity index (χ2n) is 4.20. The van der Waals surface area contributed by atoms with Gasteiger partial charge in [-0.05, 0) is 11.1 Å². The highest BCUT2D eigenvalue weighted by atomic mass is 16.5. The van der Waals surface area contributed by atoms with Crippen LogP contribution in [0.1, 0.15) is 11.1 Å². The molecule has 0 saturated carbocycles. The van der Waals surface area contributed by atoms with Gasteiger partial charge in [-0.1, -0.05) is 24.3 Å². The summed E-state index contributed by atoms with van der Waals surface area (Å²) < 4.78 is 5.64. The van der Waals surface area contributed by atoms with Crippen molar-refractivity contribution in [3.8, 4) is 0 Å². The lowest BCUT2D eigenvalue weighted by atomic mass is 10.0. The number of aliphatic imine (C=N–C) groups is 1. The van der Waals surface area contributed by atoms with E-state index in [-0.39, 0.29) is 5.91 Å². The lowest BCUT2D eigenvalue weighted by Crippen LogP contribution is -2.39. The van der Waals surface area contributed by atoms with Crippen LogP contribution in [-0.2, 0) is 22.4 Å². The molecule has 0 radical (unpaired) electrons. The second kappa shape index (κ2) is 3.07. The van der Waals surface area contributed by atoms with Crippen LogP contribution in [0.25, 0.3) is 0 Å². The maximum atomic E-state index is 11.9. The third-order valence-corrected chi connectivity index (χ3v) is 3.20. The van der Waals surface area contributed by atoms with Crippen molar-refractivity contribution in [2.24, 2.45) is 4.99 Å². The molecule has 1 aromatic rings. The van der Waals surface area contributed by atoms with Crippen LogP contribution in [0.15, 0.2) is 29.3 Å². The van der Waals surface area contributed by atoms with Crippen LogP contribution in [0.4, 0.5) is 0 Å². The zero-order chi connectivity index (χ0) is 11.2. The number of nitrogens with zero attached hydrogens (tertiary/aromatic N) is 1. The van der Waals surface area contributed by atoms with E-state index in [4.69, 9.17) is 4.74 Å². The van der Waals surface area contributed by atoms with Crippen molar-refractivity contribution in [1.29, 1.82) is 0 Å². The summed E-state index contributed by atoms with van der Waals surface area (Å²) >= 11 is 0. The molecular formula is C12H12N2O2. The number of benzene rings is 1. The van der Waals surface area contributed by atoms with E-state index in [0.29, 0.717) is 18.9 Å². The SMILES string of the molecule is CN=C1NC(=O)C2(Cc3ccccc3C2)O1. The van der Waals surface area contributed by atoms with E-state index in [0.717, 1.165) is 0 Å². The molecular weight excluding hydrogens is 204 g/mol. The minimum atomic E-state index is -0.751. The summed E-state index contributed by atoms with van der Waals surface area (Å²) in [6.45, 7) is 0. The first-order valence-corrected chi connectivity index (χ1v) is 5.27. The fourth-order valence-electron chi connectivity index (χ4n) is 2.38. The van der Waals surface area contributed by atoms with Gasteiger partial charge in [0.2, 0.25) is 0 Å². The van der Waals surface area contributed by atoms with E-state index in [2.05, 4.69) is 10.3 Å². The van der Waals surface area contributed by atoms with Crippen molar-refractivity contribution in [2.75, 3.05) is 7.05 Å². The van der Waals surface area contributed by atoms with E-state index in [1.165, 1.54) is 11.1 Å². The predicted molar refractivity (Wildman–Crippen MR) is 59.2 cm³/mol. The quantitative estimate of drug-likeness (QED) is 0.692. The predicted octanol–water partition coefficient (Wildman–Crippen LogP) is 0.656. The Morgan fingerprint density at radius 2 is 1.94 bits per heavy atom. The van der Waals surface area contributed by atoms with Crippen molar-refractivity contribution in [2.45, 2.75) is 18.4 Å². The zero-order valence-corrected chi connectivity index (χ0v) is 8.99. The molecule has 0 bridgehead atoms. The highest BCUT2D eigenvalue weighted by Gasteiger charge is 2.51. The monoisotopic (exact) mass is 216 g/mol. The smallest absolute Gasteiger partial charge is 0.292 e. The molecule has 82 valence electrons. The van der Waals surface area contributed by atoms with Crippen LogP contribution >= 0.6 is 0 Å². The number of ether oxygens (including phenoxy) is 1. The normalized spacial score (nSPS) is 23.3. The Labute approximate surface area is 93.3 Å². The van der Waals surface area contributed by atoms with Crippen LogP contribution in [0.3, 0.4) is 0 Å². The Bertz CT molecular complexity index is 469. The van der Waals surface area contributed by atoms with Gasteiger partial charge in [-0.3, -0.25) is 10.1 Å². The lowest BCUT2D eigenvalue weighted by Gasteiger charge is -2.17. The summed E-state index contributed by atoms with van der Waals surface area (Å²) in [7, 11) is 1.61. The van der Waals surface area contributed by atoms with Gasteiger partial charge in [0.1, 0.15) is 0 Å². The van der Waals surface area contributed by atoms with E-state index in [9.17, 15) is 4.79 Å². The minimum Gasteiger partial charge on any atom is -0.448 e. The molecule has 1 spiro atoms. The standard InChI is InChI=1S/C12H12N2O2/c1-13-11-14-10(15)12(16-11)6-8-4-2-3-5-9(8)7-12/h2-5H,6-7H2,1H3,(H,13,14,15). The summed E-state index contributed by atoms with van der Waals surface area (Å²) in [5.41, 5.74) is 1.63. The maximum absolute atomic E-state index is 11.9. The molecule has 4 nitrogen and oxygen atoms in total. The number of hydrogen-bond donors (Lipinski definition) is 1. The Hall–Kier alpha value is -1.84. The van der Waals surface area contributed by atoms with Gasteiger partial charge in [0.15, 0.2) is 5.60 Å². The van der Waals surface area contributed by atoms with Crippen LogP contribution in [-0.4, -0.2) is 24.6 Å². The number of amidine groups is 1. The van der Waals surface area contributed by atoms with Gasteiger partial charge in [0.05, 0.1) is 0 Å². The molecule has 1 amide bonds. The number of nitrogens with one attached hydrogen (secondary N) is 1. The van der Waals surface area contributed by atoms with Crippen molar-refractivity contribution in [1.82, 2.24) is 5.32 Å². The maximum Gasteiger partial charge on any atom is 0.292 e. The summed E-state index contributed by atoms with van der Waals surface area (Å²) in [6, 6.07) is 8.39. The first kappa shape index (κ1) is 9.39. The van der Waals surface area contributed by atoms with Gasteiger partial charge >= 0.3 is 0 Å². The van der Waals surface area contributed by atoms with Crippen LogP contribution in [0.2, 0.25) is 0 Å². The summed E-state index contributed by atoms with van der Waals surface area (Å²) in [6.07, 6.45) is 1.27. The molecule has 2 aliphatic rings. The number of hydrogen-bond acceptors (Lipinski definition) is 3. The molecule has 1 heterocycles. The van der Waals surface area contributed by atoms with E-state index in [1.807, 2.05) is 24.3 Å². The Balaban J connectivity index is 1.98. The van der Waals surface area contributed by atoms with Crippen LogP contribution in [0.5, 0.6) is 0 Å². The molecule has 16 heavy (non-hydrogen) atoms. The third kappa shape index (κ3) is 1.16. The van der Waals surface area contributed by atoms with Gasteiger partial charge < -0.3 is 4.74 Å². The van der Waals surface area contributed by atoms with Crippen molar-refractivity contribution < 1.29 is 9.53 Å². The van der Waals surface area contributed by atoms with Crippen LogP contribution < -0.4 is 5.32 Å². The van der Waals surface area contributed by atoms with Gasteiger partial charge in [-0.25, -0.2) is 4.99 Å². The van der Waals surface area contributed by atoms with Gasteiger partial charge in [-0.15, -0.1) is 0 Å². The molecule has 1 fully saturated rings. The summed E-state index contributed by atoms with van der Waals surface area (Å²) in [4.78, 5) is 15.8. The fraction of sp³-hybridized carbons (Fsp3) is 0.333. The Morgan fingerprint density at radius 3 is 2.44 bits per heavy atom. The average molecular weight is 216 g/mol. The van der Waals surface area contributed by atoms with Gasteiger partial charge in [0, 0.05) is 19.9 Å². The Morgan fingerprint density at radius 1 is 1.31 bits per heavy atom. The third-order valence-electron chi connectivity index (χ3n) is 3.20. The number of fused-ring (bicyclic) bond motifs is 1. The second-order valence-corrected chi connectivity index (χ2v) is 4.20. The van der Waals surface area contributed by atoms with Crippen LogP contribution in [0, 0.1) is 0 Å². The van der Waals surface area contributed by atoms with Crippen molar-refractivity contribution in [3.63, 3.8) is 0 Å². The van der Waals surface area contributed by atoms with Gasteiger partial charge in [0.25, 0.3) is 11.9 Å². The van der Waals surface area contributed by atoms with E-state index in [1.54, 1.807) is 7.05 Å². The molecule has 1 saturated heterocycles.